The number of hydrogen-bond donors (Lipinski definition) is 3. The number of aliphatic hydroxyl groups is 1. The minimum absolute atomic E-state index is 0.136. The van der Waals surface area contributed by atoms with Crippen LogP contribution in [0.4, 0.5) is 0 Å². The average Bonchev–Trinajstić information content (AvgIpc) is 2.87. The second kappa shape index (κ2) is 5.04. The van der Waals surface area contributed by atoms with Crippen molar-refractivity contribution in [3.8, 4) is 0 Å². The van der Waals surface area contributed by atoms with Crippen LogP contribution in [0.5, 0.6) is 0 Å². The Labute approximate surface area is 100 Å². The third-order valence-electron chi connectivity index (χ3n) is 4.11. The van der Waals surface area contributed by atoms with Crippen LogP contribution < -0.4 is 5.32 Å². The molecule has 2 saturated carbocycles. The fraction of sp³-hybridized carbons (Fsp3) is 0.833. The Balaban J connectivity index is 1.69. The number of carbonyl (C=O) groups excluding carboxylic acids is 1. The van der Waals surface area contributed by atoms with Gasteiger partial charge in [-0.25, -0.2) is 4.79 Å². The Bertz CT molecular complexity index is 318. The topological polar surface area (TPSA) is 86.6 Å². The summed E-state index contributed by atoms with van der Waals surface area (Å²) >= 11 is 0. The maximum absolute atomic E-state index is 11.6. The monoisotopic (exact) mass is 241 g/mol. The van der Waals surface area contributed by atoms with Gasteiger partial charge in [0, 0.05) is 6.42 Å². The zero-order valence-corrected chi connectivity index (χ0v) is 9.76. The number of carboxylic acids is 1. The summed E-state index contributed by atoms with van der Waals surface area (Å²) in [5.74, 6) is 0.529. The lowest BCUT2D eigenvalue weighted by Gasteiger charge is -2.21. The third-order valence-corrected chi connectivity index (χ3v) is 4.11. The molecule has 2 rings (SSSR count). The van der Waals surface area contributed by atoms with Crippen molar-refractivity contribution in [2.75, 3.05) is 6.54 Å². The molecule has 2 aliphatic carbocycles. The highest BCUT2D eigenvalue weighted by atomic mass is 16.4. The van der Waals surface area contributed by atoms with Crippen molar-refractivity contribution in [1.29, 1.82) is 0 Å². The highest BCUT2D eigenvalue weighted by Crippen LogP contribution is 2.49. The molecule has 0 heterocycles. The van der Waals surface area contributed by atoms with Crippen LogP contribution in [-0.4, -0.2) is 34.7 Å². The van der Waals surface area contributed by atoms with Gasteiger partial charge in [0.15, 0.2) is 6.10 Å². The molecule has 3 unspecified atom stereocenters. The third kappa shape index (κ3) is 2.97. The molecule has 0 aromatic heterocycles. The molecule has 1 amide bonds. The van der Waals surface area contributed by atoms with E-state index in [1.165, 1.54) is 19.3 Å². The van der Waals surface area contributed by atoms with Crippen LogP contribution >= 0.6 is 0 Å². The summed E-state index contributed by atoms with van der Waals surface area (Å²) in [5.41, 5.74) is 0. The minimum atomic E-state index is -1.50. The summed E-state index contributed by atoms with van der Waals surface area (Å²) < 4.78 is 0. The van der Waals surface area contributed by atoms with Crippen molar-refractivity contribution in [1.82, 2.24) is 5.32 Å². The van der Waals surface area contributed by atoms with Crippen molar-refractivity contribution < 1.29 is 19.8 Å². The molecule has 0 aromatic rings. The number of amides is 1. The van der Waals surface area contributed by atoms with E-state index in [0.29, 0.717) is 18.3 Å². The predicted octanol–water partition coefficient (Wildman–Crippen LogP) is 0.374. The van der Waals surface area contributed by atoms with E-state index in [-0.39, 0.29) is 12.5 Å². The molecule has 0 radical (unpaired) electrons. The van der Waals surface area contributed by atoms with Gasteiger partial charge in [0.2, 0.25) is 5.91 Å². The number of rotatable bonds is 5. The van der Waals surface area contributed by atoms with Crippen molar-refractivity contribution in [2.24, 2.45) is 17.8 Å². The first-order valence-electron chi connectivity index (χ1n) is 6.24. The van der Waals surface area contributed by atoms with E-state index in [1.54, 1.807) is 0 Å². The quantitative estimate of drug-likeness (QED) is 0.649. The van der Waals surface area contributed by atoms with Crippen molar-refractivity contribution in [2.45, 2.75) is 38.2 Å². The van der Waals surface area contributed by atoms with Crippen LogP contribution in [0.1, 0.15) is 32.1 Å². The second-order valence-corrected chi connectivity index (χ2v) is 5.30. The first-order valence-corrected chi connectivity index (χ1v) is 6.24. The van der Waals surface area contributed by atoms with Gasteiger partial charge in [0.05, 0.1) is 6.54 Å². The maximum Gasteiger partial charge on any atom is 0.334 e. The molecule has 4 atom stereocenters. The van der Waals surface area contributed by atoms with Crippen molar-refractivity contribution in [3.63, 3.8) is 0 Å². The molecule has 17 heavy (non-hydrogen) atoms. The van der Waals surface area contributed by atoms with Gasteiger partial charge >= 0.3 is 5.97 Å². The fourth-order valence-electron chi connectivity index (χ4n) is 3.23. The Morgan fingerprint density at radius 3 is 2.59 bits per heavy atom. The van der Waals surface area contributed by atoms with Gasteiger partial charge in [0.25, 0.3) is 0 Å². The van der Waals surface area contributed by atoms with E-state index in [2.05, 4.69) is 5.32 Å². The van der Waals surface area contributed by atoms with Gasteiger partial charge in [-0.1, -0.05) is 6.42 Å². The Morgan fingerprint density at radius 2 is 2.06 bits per heavy atom. The Kier molecular flexibility index (Phi) is 3.66. The standard InChI is InChI=1S/C12H19NO4/c14-10(12(16)17)6-13-11(15)5-9-4-7-1-2-8(9)3-7/h7-10,14H,1-6H2,(H,13,15)(H,16,17)/t7?,8?,9?,10-/m0/s1. The predicted molar refractivity (Wildman–Crippen MR) is 60.2 cm³/mol. The van der Waals surface area contributed by atoms with Gasteiger partial charge < -0.3 is 15.5 Å². The lowest BCUT2D eigenvalue weighted by molar-refractivity contribution is -0.146. The normalized spacial score (nSPS) is 32.4. The van der Waals surface area contributed by atoms with E-state index in [1.807, 2.05) is 0 Å². The Morgan fingerprint density at radius 1 is 1.29 bits per heavy atom. The SMILES string of the molecule is O=C(CC1CC2CCC1C2)NC[C@H](O)C(=O)O. The molecule has 0 aliphatic heterocycles. The number of carboxylic acid groups (broad SMARTS) is 1. The number of hydrogen-bond acceptors (Lipinski definition) is 3. The summed E-state index contributed by atoms with van der Waals surface area (Å²) in [6.07, 6.45) is 3.92. The molecule has 5 heteroatoms. The van der Waals surface area contributed by atoms with Crippen LogP contribution in [0, 0.1) is 17.8 Å². The average molecular weight is 241 g/mol. The van der Waals surface area contributed by atoms with Crippen LogP contribution in [0.2, 0.25) is 0 Å². The van der Waals surface area contributed by atoms with Crippen molar-refractivity contribution >= 4 is 11.9 Å². The fourth-order valence-corrected chi connectivity index (χ4v) is 3.23. The second-order valence-electron chi connectivity index (χ2n) is 5.30. The van der Waals surface area contributed by atoms with Gasteiger partial charge in [-0.2, -0.15) is 0 Å². The van der Waals surface area contributed by atoms with E-state index in [0.717, 1.165) is 12.3 Å². The van der Waals surface area contributed by atoms with E-state index in [4.69, 9.17) is 10.2 Å². The molecule has 0 aromatic carbocycles. The van der Waals surface area contributed by atoms with Crippen LogP contribution in [0.3, 0.4) is 0 Å². The highest BCUT2D eigenvalue weighted by molar-refractivity contribution is 5.78. The summed E-state index contributed by atoms with van der Waals surface area (Å²) in [6, 6.07) is 0. The zero-order valence-electron chi connectivity index (χ0n) is 9.76. The number of carbonyl (C=O) groups is 2. The molecule has 2 fully saturated rings. The summed E-state index contributed by atoms with van der Waals surface area (Å²) in [7, 11) is 0. The van der Waals surface area contributed by atoms with Crippen molar-refractivity contribution in [3.05, 3.63) is 0 Å². The highest BCUT2D eigenvalue weighted by Gasteiger charge is 2.40. The minimum Gasteiger partial charge on any atom is -0.479 e. The number of nitrogens with one attached hydrogen (secondary N) is 1. The molecule has 3 N–H and O–H groups in total. The van der Waals surface area contributed by atoms with E-state index < -0.39 is 12.1 Å². The first kappa shape index (κ1) is 12.4. The van der Waals surface area contributed by atoms with E-state index >= 15 is 0 Å². The number of aliphatic carboxylic acids is 1. The molecule has 2 bridgehead atoms. The van der Waals surface area contributed by atoms with E-state index in [9.17, 15) is 9.59 Å². The lowest BCUT2D eigenvalue weighted by atomic mass is 9.86. The van der Waals surface area contributed by atoms with Crippen LogP contribution in [0.15, 0.2) is 0 Å². The summed E-state index contributed by atoms with van der Waals surface area (Å²) in [6.45, 7) is -0.199. The van der Waals surface area contributed by atoms with Gasteiger partial charge in [-0.15, -0.1) is 0 Å². The largest absolute Gasteiger partial charge is 0.479 e. The number of fused-ring (bicyclic) bond motifs is 2. The number of aliphatic hydroxyl groups excluding tert-OH is 1. The molecular weight excluding hydrogens is 222 g/mol. The van der Waals surface area contributed by atoms with Gasteiger partial charge in [0.1, 0.15) is 0 Å². The molecule has 2 aliphatic rings. The molecule has 5 nitrogen and oxygen atoms in total. The molecular formula is C12H19NO4. The molecule has 0 spiro atoms. The maximum atomic E-state index is 11.6. The lowest BCUT2D eigenvalue weighted by Crippen LogP contribution is -2.37. The Hall–Kier alpha value is -1.10. The summed E-state index contributed by atoms with van der Waals surface area (Å²) in [5, 5.41) is 20.0. The molecule has 96 valence electrons. The first-order chi connectivity index (χ1) is 8.06. The van der Waals surface area contributed by atoms with Gasteiger partial charge in [-0.05, 0) is 37.0 Å². The smallest absolute Gasteiger partial charge is 0.334 e. The zero-order chi connectivity index (χ0) is 12.4. The van der Waals surface area contributed by atoms with Crippen LogP contribution in [0.25, 0.3) is 0 Å². The summed E-state index contributed by atoms with van der Waals surface area (Å²) in [4.78, 5) is 21.9. The van der Waals surface area contributed by atoms with Crippen LogP contribution in [-0.2, 0) is 9.59 Å². The molecule has 0 saturated heterocycles. The van der Waals surface area contributed by atoms with Gasteiger partial charge in [-0.3, -0.25) is 4.79 Å².